The Morgan fingerprint density at radius 1 is 1.21 bits per heavy atom. The van der Waals surface area contributed by atoms with Crippen molar-refractivity contribution in [3.8, 4) is 5.75 Å². The molecule has 1 aromatic heterocycles. The van der Waals surface area contributed by atoms with Crippen LogP contribution < -0.4 is 5.32 Å². The maximum absolute atomic E-state index is 11.6. The fourth-order valence-electron chi connectivity index (χ4n) is 1.82. The fraction of sp³-hybridized carbons (Fsp3) is 0.267. The van der Waals surface area contributed by atoms with Crippen molar-refractivity contribution in [3.05, 3.63) is 52.2 Å². The van der Waals surface area contributed by atoms with Crippen molar-refractivity contribution in [1.82, 2.24) is 5.32 Å². The van der Waals surface area contributed by atoms with Gasteiger partial charge in [0.1, 0.15) is 5.75 Å². The van der Waals surface area contributed by atoms with Crippen LogP contribution in [0.25, 0.3) is 0 Å². The molecule has 1 aromatic carbocycles. The molecule has 0 saturated heterocycles. The summed E-state index contributed by atoms with van der Waals surface area (Å²) in [6, 6.07) is 11.1. The molecule has 0 atom stereocenters. The summed E-state index contributed by atoms with van der Waals surface area (Å²) in [6.07, 6.45) is 2.28. The van der Waals surface area contributed by atoms with Gasteiger partial charge < -0.3 is 10.4 Å². The van der Waals surface area contributed by atoms with Gasteiger partial charge in [-0.2, -0.15) is 0 Å². The van der Waals surface area contributed by atoms with Gasteiger partial charge in [0.05, 0.1) is 6.42 Å². The first-order chi connectivity index (χ1) is 9.24. The summed E-state index contributed by atoms with van der Waals surface area (Å²) >= 11 is 1.60. The Hall–Kier alpha value is -1.81. The normalized spacial score (nSPS) is 10.3. The molecule has 0 unspecified atom stereocenters. The number of hydrogen-bond donors (Lipinski definition) is 2. The molecule has 2 N–H and O–H groups in total. The zero-order valence-electron chi connectivity index (χ0n) is 10.6. The predicted molar refractivity (Wildman–Crippen MR) is 77.5 cm³/mol. The standard InChI is InChI=1S/C15H17NO2S/c17-13-7-5-12(6-8-13)3-1-9-16-15(18)11-14-4-2-10-19-14/h2,4-8,10,17H,1,3,9,11H2,(H,16,18). The van der Waals surface area contributed by atoms with E-state index in [1.54, 1.807) is 23.5 Å². The quantitative estimate of drug-likeness (QED) is 0.796. The van der Waals surface area contributed by atoms with Crippen molar-refractivity contribution < 1.29 is 9.90 Å². The van der Waals surface area contributed by atoms with Gasteiger partial charge in [-0.1, -0.05) is 18.2 Å². The predicted octanol–water partition coefficient (Wildman–Crippen LogP) is 2.75. The lowest BCUT2D eigenvalue weighted by molar-refractivity contribution is -0.120. The molecule has 0 radical (unpaired) electrons. The topological polar surface area (TPSA) is 49.3 Å². The van der Waals surface area contributed by atoms with E-state index in [4.69, 9.17) is 5.11 Å². The minimum absolute atomic E-state index is 0.0770. The highest BCUT2D eigenvalue weighted by atomic mass is 32.1. The average Bonchev–Trinajstić information content (AvgIpc) is 2.89. The number of nitrogens with one attached hydrogen (secondary N) is 1. The average molecular weight is 275 g/mol. The van der Waals surface area contributed by atoms with Crippen LogP contribution >= 0.6 is 11.3 Å². The zero-order valence-corrected chi connectivity index (χ0v) is 11.5. The summed E-state index contributed by atoms with van der Waals surface area (Å²) in [4.78, 5) is 12.7. The van der Waals surface area contributed by atoms with Gasteiger partial charge in [0.2, 0.25) is 5.91 Å². The summed E-state index contributed by atoms with van der Waals surface area (Å²) in [5.41, 5.74) is 1.17. The van der Waals surface area contributed by atoms with Gasteiger partial charge in [-0.15, -0.1) is 11.3 Å². The first-order valence-corrected chi connectivity index (χ1v) is 7.19. The Balaban J connectivity index is 1.64. The van der Waals surface area contributed by atoms with Gasteiger partial charge in [0.15, 0.2) is 0 Å². The van der Waals surface area contributed by atoms with Crippen LogP contribution in [-0.4, -0.2) is 17.6 Å². The number of benzene rings is 1. The number of carbonyl (C=O) groups excluding carboxylic acids is 1. The molecule has 2 rings (SSSR count). The first kappa shape index (κ1) is 13.6. The van der Waals surface area contributed by atoms with E-state index in [9.17, 15) is 4.79 Å². The van der Waals surface area contributed by atoms with E-state index in [0.717, 1.165) is 17.7 Å². The number of aromatic hydroxyl groups is 1. The number of phenols is 1. The largest absolute Gasteiger partial charge is 0.508 e. The maximum Gasteiger partial charge on any atom is 0.225 e. The van der Waals surface area contributed by atoms with Crippen LogP contribution in [0.5, 0.6) is 5.75 Å². The molecule has 0 saturated carbocycles. The van der Waals surface area contributed by atoms with Gasteiger partial charge in [-0.25, -0.2) is 0 Å². The van der Waals surface area contributed by atoms with E-state index >= 15 is 0 Å². The third kappa shape index (κ3) is 4.75. The van der Waals surface area contributed by atoms with Crippen molar-refractivity contribution in [2.75, 3.05) is 6.54 Å². The van der Waals surface area contributed by atoms with E-state index < -0.39 is 0 Å². The summed E-state index contributed by atoms with van der Waals surface area (Å²) in [7, 11) is 0. The van der Waals surface area contributed by atoms with Crippen LogP contribution in [0.4, 0.5) is 0 Å². The summed E-state index contributed by atoms with van der Waals surface area (Å²) in [6.45, 7) is 0.686. The highest BCUT2D eigenvalue weighted by Crippen LogP contribution is 2.11. The van der Waals surface area contributed by atoms with Crippen LogP contribution in [-0.2, 0) is 17.6 Å². The summed E-state index contributed by atoms with van der Waals surface area (Å²) in [5.74, 6) is 0.362. The van der Waals surface area contributed by atoms with E-state index in [2.05, 4.69) is 5.32 Å². The molecule has 19 heavy (non-hydrogen) atoms. The highest BCUT2D eigenvalue weighted by molar-refractivity contribution is 7.10. The fourth-order valence-corrected chi connectivity index (χ4v) is 2.52. The molecular weight excluding hydrogens is 258 g/mol. The van der Waals surface area contributed by atoms with E-state index in [1.165, 1.54) is 5.56 Å². The minimum atomic E-state index is 0.0770. The Labute approximate surface area is 116 Å². The molecule has 0 aliphatic rings. The molecule has 1 heterocycles. The molecule has 0 aliphatic carbocycles. The Bertz CT molecular complexity index is 505. The second-order valence-electron chi connectivity index (χ2n) is 4.38. The molecule has 2 aromatic rings. The lowest BCUT2D eigenvalue weighted by Crippen LogP contribution is -2.26. The number of hydrogen-bond acceptors (Lipinski definition) is 3. The number of aryl methyl sites for hydroxylation is 1. The second-order valence-corrected chi connectivity index (χ2v) is 5.41. The van der Waals surface area contributed by atoms with Crippen LogP contribution in [0.1, 0.15) is 16.9 Å². The van der Waals surface area contributed by atoms with E-state index in [1.807, 2.05) is 29.6 Å². The monoisotopic (exact) mass is 275 g/mol. The molecule has 0 bridgehead atoms. The van der Waals surface area contributed by atoms with Crippen molar-refractivity contribution in [3.63, 3.8) is 0 Å². The first-order valence-electron chi connectivity index (χ1n) is 6.31. The second kappa shape index (κ2) is 6.95. The van der Waals surface area contributed by atoms with E-state index in [0.29, 0.717) is 13.0 Å². The van der Waals surface area contributed by atoms with Crippen molar-refractivity contribution in [1.29, 1.82) is 0 Å². The van der Waals surface area contributed by atoms with Gasteiger partial charge >= 0.3 is 0 Å². The van der Waals surface area contributed by atoms with Crippen molar-refractivity contribution in [2.45, 2.75) is 19.3 Å². The van der Waals surface area contributed by atoms with Crippen molar-refractivity contribution >= 4 is 17.2 Å². The van der Waals surface area contributed by atoms with Crippen LogP contribution in [0.2, 0.25) is 0 Å². The molecule has 0 fully saturated rings. The van der Waals surface area contributed by atoms with Crippen LogP contribution in [0.3, 0.4) is 0 Å². The maximum atomic E-state index is 11.6. The van der Waals surface area contributed by atoms with Gasteiger partial charge in [0, 0.05) is 11.4 Å². The molecule has 3 nitrogen and oxygen atoms in total. The lowest BCUT2D eigenvalue weighted by Gasteiger charge is -2.04. The highest BCUT2D eigenvalue weighted by Gasteiger charge is 2.03. The van der Waals surface area contributed by atoms with Gasteiger partial charge in [0.25, 0.3) is 0 Å². The number of amides is 1. The van der Waals surface area contributed by atoms with Gasteiger partial charge in [-0.05, 0) is 42.0 Å². The summed E-state index contributed by atoms with van der Waals surface area (Å²) < 4.78 is 0. The van der Waals surface area contributed by atoms with E-state index in [-0.39, 0.29) is 11.7 Å². The SMILES string of the molecule is O=C(Cc1cccs1)NCCCc1ccc(O)cc1. The number of phenolic OH excluding ortho intramolecular Hbond substituents is 1. The Morgan fingerprint density at radius 2 is 2.00 bits per heavy atom. The lowest BCUT2D eigenvalue weighted by atomic mass is 10.1. The molecule has 4 heteroatoms. The third-order valence-corrected chi connectivity index (χ3v) is 3.69. The number of carbonyl (C=O) groups is 1. The number of thiophene rings is 1. The molecule has 1 amide bonds. The van der Waals surface area contributed by atoms with Gasteiger partial charge in [-0.3, -0.25) is 4.79 Å². The molecule has 0 spiro atoms. The van der Waals surface area contributed by atoms with Crippen molar-refractivity contribution in [2.24, 2.45) is 0 Å². The third-order valence-electron chi connectivity index (χ3n) is 2.82. The Morgan fingerprint density at radius 3 is 2.68 bits per heavy atom. The van der Waals surface area contributed by atoms with Crippen LogP contribution in [0, 0.1) is 0 Å². The molecular formula is C15H17NO2S. The smallest absolute Gasteiger partial charge is 0.225 e. The van der Waals surface area contributed by atoms with Crippen LogP contribution in [0.15, 0.2) is 41.8 Å². The zero-order chi connectivity index (χ0) is 13.5. The molecule has 0 aliphatic heterocycles. The minimum Gasteiger partial charge on any atom is -0.508 e. The molecule has 100 valence electrons. The summed E-state index contributed by atoms with van der Waals surface area (Å²) in [5, 5.41) is 14.1. The Kier molecular flexibility index (Phi) is 4.98. The number of rotatable bonds is 6.